The van der Waals surface area contributed by atoms with E-state index in [1.807, 2.05) is 6.92 Å². The highest BCUT2D eigenvalue weighted by Gasteiger charge is 2.15. The van der Waals surface area contributed by atoms with Crippen molar-refractivity contribution in [3.05, 3.63) is 45.3 Å². The van der Waals surface area contributed by atoms with Crippen LogP contribution in [0.15, 0.2) is 18.3 Å². The molecule has 1 aromatic heterocycles. The van der Waals surface area contributed by atoms with E-state index in [0.29, 0.717) is 24.1 Å². The summed E-state index contributed by atoms with van der Waals surface area (Å²) in [7, 11) is 0. The molecule has 1 heterocycles. The zero-order chi connectivity index (χ0) is 14.7. The van der Waals surface area contributed by atoms with E-state index in [1.165, 1.54) is 10.7 Å². The van der Waals surface area contributed by atoms with Crippen molar-refractivity contribution >= 4 is 5.69 Å². The van der Waals surface area contributed by atoms with E-state index in [1.54, 1.807) is 19.2 Å². The highest BCUT2D eigenvalue weighted by Crippen LogP contribution is 2.25. The first-order valence-corrected chi connectivity index (χ1v) is 6.31. The molecule has 2 rings (SSSR count). The van der Waals surface area contributed by atoms with Gasteiger partial charge in [0.15, 0.2) is 0 Å². The molecule has 0 atom stereocenters. The fourth-order valence-corrected chi connectivity index (χ4v) is 2.06. The topological polar surface area (TPSA) is 94.1 Å². The average Bonchev–Trinajstić information content (AvgIpc) is 2.84. The minimum atomic E-state index is -0.401. The Morgan fingerprint density at radius 1 is 1.35 bits per heavy atom. The Morgan fingerprint density at radius 3 is 2.75 bits per heavy atom. The van der Waals surface area contributed by atoms with Crippen molar-refractivity contribution in [2.24, 2.45) is 0 Å². The van der Waals surface area contributed by atoms with Crippen LogP contribution < -0.4 is 0 Å². The molecule has 7 heteroatoms. The second-order valence-corrected chi connectivity index (χ2v) is 4.66. The predicted octanol–water partition coefficient (Wildman–Crippen LogP) is 1.72. The third-order valence-electron chi connectivity index (χ3n) is 3.09. The molecule has 0 fully saturated rings. The SMILES string of the molecule is Cc1cc(C)c([N+](=O)[O-])cc1-n1cc(CCCO)nn1. The van der Waals surface area contributed by atoms with Gasteiger partial charge in [-0.1, -0.05) is 5.21 Å². The van der Waals surface area contributed by atoms with Gasteiger partial charge in [0.05, 0.1) is 22.5 Å². The van der Waals surface area contributed by atoms with Crippen LogP contribution in [-0.4, -0.2) is 31.6 Å². The van der Waals surface area contributed by atoms with Gasteiger partial charge in [-0.25, -0.2) is 4.68 Å². The summed E-state index contributed by atoms with van der Waals surface area (Å²) in [6, 6.07) is 3.28. The van der Waals surface area contributed by atoms with Gasteiger partial charge in [-0.15, -0.1) is 5.10 Å². The normalized spacial score (nSPS) is 10.8. The number of nitro benzene ring substituents is 1. The molecule has 0 saturated carbocycles. The van der Waals surface area contributed by atoms with Crippen molar-refractivity contribution in [3.63, 3.8) is 0 Å². The zero-order valence-corrected chi connectivity index (χ0v) is 11.4. The highest BCUT2D eigenvalue weighted by atomic mass is 16.6. The van der Waals surface area contributed by atoms with Crippen LogP contribution in [0.25, 0.3) is 5.69 Å². The number of aryl methyl sites for hydroxylation is 3. The van der Waals surface area contributed by atoms with Gasteiger partial charge in [0.1, 0.15) is 0 Å². The predicted molar refractivity (Wildman–Crippen MR) is 72.9 cm³/mol. The maximum absolute atomic E-state index is 11.0. The Hall–Kier alpha value is -2.28. The number of rotatable bonds is 5. The fraction of sp³-hybridized carbons (Fsp3) is 0.385. The van der Waals surface area contributed by atoms with E-state index in [0.717, 1.165) is 11.3 Å². The summed E-state index contributed by atoms with van der Waals surface area (Å²) in [5.41, 5.74) is 2.98. The van der Waals surface area contributed by atoms with Gasteiger partial charge in [-0.05, 0) is 38.3 Å². The Kier molecular flexibility index (Phi) is 4.09. The molecule has 0 amide bonds. The summed E-state index contributed by atoms with van der Waals surface area (Å²) < 4.78 is 1.54. The second-order valence-electron chi connectivity index (χ2n) is 4.66. The van der Waals surface area contributed by atoms with Crippen molar-refractivity contribution in [2.45, 2.75) is 26.7 Å². The summed E-state index contributed by atoms with van der Waals surface area (Å²) in [6.45, 7) is 3.69. The monoisotopic (exact) mass is 276 g/mol. The van der Waals surface area contributed by atoms with Crippen LogP contribution in [0.5, 0.6) is 0 Å². The lowest BCUT2D eigenvalue weighted by Crippen LogP contribution is -2.01. The molecule has 7 nitrogen and oxygen atoms in total. The zero-order valence-electron chi connectivity index (χ0n) is 11.4. The Balaban J connectivity index is 2.39. The van der Waals surface area contributed by atoms with E-state index < -0.39 is 4.92 Å². The molecule has 0 bridgehead atoms. The van der Waals surface area contributed by atoms with Gasteiger partial charge < -0.3 is 5.11 Å². The Labute approximate surface area is 116 Å². The van der Waals surface area contributed by atoms with Crippen molar-refractivity contribution in [1.82, 2.24) is 15.0 Å². The fourth-order valence-electron chi connectivity index (χ4n) is 2.06. The molecule has 0 spiro atoms. The number of benzene rings is 1. The number of hydrogen-bond acceptors (Lipinski definition) is 5. The van der Waals surface area contributed by atoms with Gasteiger partial charge in [0.25, 0.3) is 5.69 Å². The molecule has 1 N–H and O–H groups in total. The summed E-state index contributed by atoms with van der Waals surface area (Å²) in [5, 5.41) is 27.8. The molecule has 0 aliphatic rings. The van der Waals surface area contributed by atoms with E-state index in [2.05, 4.69) is 10.3 Å². The van der Waals surface area contributed by atoms with E-state index in [4.69, 9.17) is 5.11 Å². The van der Waals surface area contributed by atoms with Crippen molar-refractivity contribution < 1.29 is 10.0 Å². The molecule has 0 aliphatic carbocycles. The van der Waals surface area contributed by atoms with Gasteiger partial charge >= 0.3 is 0 Å². The molecule has 0 saturated heterocycles. The van der Waals surface area contributed by atoms with Crippen LogP contribution in [0, 0.1) is 24.0 Å². The van der Waals surface area contributed by atoms with Crippen molar-refractivity contribution in [2.75, 3.05) is 6.61 Å². The van der Waals surface area contributed by atoms with Crippen LogP contribution in [0.1, 0.15) is 23.2 Å². The minimum Gasteiger partial charge on any atom is -0.396 e. The van der Waals surface area contributed by atoms with Gasteiger partial charge in [-0.3, -0.25) is 10.1 Å². The first-order chi connectivity index (χ1) is 9.52. The molecule has 0 radical (unpaired) electrons. The standard InChI is InChI=1S/C13H16N4O3/c1-9-6-10(2)13(17(19)20)7-12(9)16-8-11(14-15-16)4-3-5-18/h6-8,18H,3-5H2,1-2H3. The number of nitrogens with zero attached hydrogens (tertiary/aromatic N) is 4. The lowest BCUT2D eigenvalue weighted by Gasteiger charge is -2.06. The van der Waals surface area contributed by atoms with Crippen LogP contribution in [0.3, 0.4) is 0 Å². The average molecular weight is 276 g/mol. The number of aliphatic hydroxyl groups excluding tert-OH is 1. The lowest BCUT2D eigenvalue weighted by atomic mass is 10.1. The van der Waals surface area contributed by atoms with Crippen LogP contribution in [0.4, 0.5) is 5.69 Å². The lowest BCUT2D eigenvalue weighted by molar-refractivity contribution is -0.385. The third kappa shape index (κ3) is 2.83. The summed E-state index contributed by atoms with van der Waals surface area (Å²) >= 11 is 0. The second kappa shape index (κ2) is 5.79. The first kappa shape index (κ1) is 14.1. The van der Waals surface area contributed by atoms with E-state index >= 15 is 0 Å². The molecule has 0 aliphatic heterocycles. The van der Waals surface area contributed by atoms with Crippen LogP contribution in [0.2, 0.25) is 0 Å². The highest BCUT2D eigenvalue weighted by molar-refractivity contribution is 5.53. The minimum absolute atomic E-state index is 0.0676. The smallest absolute Gasteiger partial charge is 0.274 e. The molecule has 106 valence electrons. The summed E-state index contributed by atoms with van der Waals surface area (Å²) in [6.07, 6.45) is 2.98. The van der Waals surface area contributed by atoms with Gasteiger partial charge in [0.2, 0.25) is 0 Å². The molecular weight excluding hydrogens is 260 g/mol. The Morgan fingerprint density at radius 2 is 2.10 bits per heavy atom. The summed E-state index contributed by atoms with van der Waals surface area (Å²) in [4.78, 5) is 10.6. The first-order valence-electron chi connectivity index (χ1n) is 6.31. The largest absolute Gasteiger partial charge is 0.396 e. The van der Waals surface area contributed by atoms with Crippen molar-refractivity contribution in [3.8, 4) is 5.69 Å². The number of hydrogen-bond donors (Lipinski definition) is 1. The molecule has 2 aromatic rings. The molecular formula is C13H16N4O3. The maximum atomic E-state index is 11.0. The number of aromatic nitrogens is 3. The number of aliphatic hydroxyl groups is 1. The maximum Gasteiger partial charge on any atom is 0.274 e. The third-order valence-corrected chi connectivity index (χ3v) is 3.09. The van der Waals surface area contributed by atoms with Gasteiger partial charge in [0, 0.05) is 18.2 Å². The molecule has 20 heavy (non-hydrogen) atoms. The quantitative estimate of drug-likeness (QED) is 0.662. The van der Waals surface area contributed by atoms with Crippen molar-refractivity contribution in [1.29, 1.82) is 0 Å². The molecule has 0 unspecified atom stereocenters. The Bertz CT molecular complexity index is 637. The van der Waals surface area contributed by atoms with E-state index in [9.17, 15) is 10.1 Å². The van der Waals surface area contributed by atoms with Crippen LogP contribution in [-0.2, 0) is 6.42 Å². The van der Waals surface area contributed by atoms with Crippen LogP contribution >= 0.6 is 0 Å². The molecule has 1 aromatic carbocycles. The number of nitro groups is 1. The summed E-state index contributed by atoms with van der Waals surface area (Å²) in [5.74, 6) is 0. The van der Waals surface area contributed by atoms with E-state index in [-0.39, 0.29) is 12.3 Å². The van der Waals surface area contributed by atoms with Gasteiger partial charge in [-0.2, -0.15) is 0 Å².